The van der Waals surface area contributed by atoms with E-state index in [0.29, 0.717) is 12.8 Å². The molecule has 0 atom stereocenters. The van der Waals surface area contributed by atoms with Gasteiger partial charge in [0.2, 0.25) is 11.7 Å². The summed E-state index contributed by atoms with van der Waals surface area (Å²) >= 11 is 0. The van der Waals surface area contributed by atoms with Crippen molar-refractivity contribution in [3.05, 3.63) is 23.7 Å². The molecule has 0 unspecified atom stereocenters. The van der Waals surface area contributed by atoms with Gasteiger partial charge in [0.25, 0.3) is 0 Å². The minimum absolute atomic E-state index is 0.0266. The van der Waals surface area contributed by atoms with Crippen molar-refractivity contribution in [3.63, 3.8) is 0 Å². The van der Waals surface area contributed by atoms with Crippen LogP contribution in [-0.4, -0.2) is 28.1 Å². The molecule has 1 aliphatic carbocycles. The van der Waals surface area contributed by atoms with Gasteiger partial charge in [0.05, 0.1) is 6.54 Å². The lowest BCUT2D eigenvalue weighted by atomic mass is 10.1. The van der Waals surface area contributed by atoms with Crippen LogP contribution in [0.1, 0.15) is 29.2 Å². The minimum Gasteiger partial charge on any atom is -0.480 e. The van der Waals surface area contributed by atoms with Crippen LogP contribution >= 0.6 is 0 Å². The summed E-state index contributed by atoms with van der Waals surface area (Å²) < 4.78 is 4.93. The molecule has 1 aromatic rings. The van der Waals surface area contributed by atoms with E-state index in [0.717, 1.165) is 0 Å². The molecule has 2 rings (SSSR count). The fraction of sp³-hybridized carbons (Fsp3) is 0.364. The Morgan fingerprint density at radius 1 is 1.28 bits per heavy atom. The summed E-state index contributed by atoms with van der Waals surface area (Å²) in [5.41, 5.74) is -1.30. The molecule has 0 aliphatic heterocycles. The number of hydrogen-bond donors (Lipinski definition) is 3. The number of aromatic carboxylic acids is 1. The SMILES string of the molecule is O=C(O)c1ccc(CNC(=O)C2(C(=O)O)CC2)o1. The van der Waals surface area contributed by atoms with Gasteiger partial charge in [-0.25, -0.2) is 4.79 Å². The van der Waals surface area contributed by atoms with E-state index in [-0.39, 0.29) is 18.1 Å². The maximum Gasteiger partial charge on any atom is 0.371 e. The Morgan fingerprint density at radius 2 is 1.94 bits per heavy atom. The van der Waals surface area contributed by atoms with Crippen LogP contribution in [0.4, 0.5) is 0 Å². The Kier molecular flexibility index (Phi) is 2.82. The number of nitrogens with one attached hydrogen (secondary N) is 1. The van der Waals surface area contributed by atoms with Crippen LogP contribution in [0.2, 0.25) is 0 Å². The molecule has 0 spiro atoms. The second-order valence-corrected chi connectivity index (χ2v) is 4.14. The maximum absolute atomic E-state index is 11.6. The summed E-state index contributed by atoms with van der Waals surface area (Å²) in [5.74, 6) is -2.86. The van der Waals surface area contributed by atoms with Gasteiger partial charge < -0.3 is 19.9 Å². The predicted molar refractivity (Wildman–Crippen MR) is 56.8 cm³/mol. The number of furan rings is 1. The smallest absolute Gasteiger partial charge is 0.371 e. The number of carbonyl (C=O) groups excluding carboxylic acids is 1. The number of amides is 1. The summed E-state index contributed by atoms with van der Waals surface area (Å²) in [6.07, 6.45) is 0.652. The molecule has 1 fully saturated rings. The molecule has 1 aromatic heterocycles. The lowest BCUT2D eigenvalue weighted by Crippen LogP contribution is -2.36. The van der Waals surface area contributed by atoms with E-state index in [1.54, 1.807) is 0 Å². The molecule has 1 heterocycles. The first-order valence-corrected chi connectivity index (χ1v) is 5.29. The molecule has 3 N–H and O–H groups in total. The molecule has 7 nitrogen and oxygen atoms in total. The van der Waals surface area contributed by atoms with E-state index >= 15 is 0 Å². The van der Waals surface area contributed by atoms with Gasteiger partial charge in [-0.05, 0) is 25.0 Å². The molecule has 7 heteroatoms. The first kappa shape index (κ1) is 12.2. The summed E-state index contributed by atoms with van der Waals surface area (Å²) in [5, 5.41) is 19.9. The van der Waals surface area contributed by atoms with E-state index < -0.39 is 23.3 Å². The molecule has 0 radical (unpaired) electrons. The highest BCUT2D eigenvalue weighted by Crippen LogP contribution is 2.46. The Labute approximate surface area is 101 Å². The molecule has 0 bridgehead atoms. The van der Waals surface area contributed by atoms with Crippen molar-refractivity contribution in [2.45, 2.75) is 19.4 Å². The molecular formula is C11H11NO6. The van der Waals surface area contributed by atoms with E-state index in [1.165, 1.54) is 12.1 Å². The standard InChI is InChI=1S/C11H11NO6/c13-8(14)7-2-1-6(18-7)5-12-9(15)11(3-4-11)10(16)17/h1-2H,3-5H2,(H,12,15)(H,13,14)(H,16,17). The second-order valence-electron chi connectivity index (χ2n) is 4.14. The third-order valence-electron chi connectivity index (χ3n) is 2.89. The van der Waals surface area contributed by atoms with Gasteiger partial charge in [-0.3, -0.25) is 9.59 Å². The number of hydrogen-bond acceptors (Lipinski definition) is 4. The third kappa shape index (κ3) is 2.06. The average Bonchev–Trinajstić information content (AvgIpc) is 2.99. The molecule has 1 aliphatic rings. The second kappa shape index (κ2) is 4.17. The highest BCUT2D eigenvalue weighted by molar-refractivity contribution is 6.04. The van der Waals surface area contributed by atoms with Crippen molar-refractivity contribution < 1.29 is 29.0 Å². The van der Waals surface area contributed by atoms with Crippen molar-refractivity contribution >= 4 is 17.8 Å². The van der Waals surface area contributed by atoms with Crippen LogP contribution in [-0.2, 0) is 16.1 Å². The Hall–Kier alpha value is -2.31. The van der Waals surface area contributed by atoms with Gasteiger partial charge in [-0.1, -0.05) is 0 Å². The monoisotopic (exact) mass is 253 g/mol. The molecule has 18 heavy (non-hydrogen) atoms. The topological polar surface area (TPSA) is 117 Å². The van der Waals surface area contributed by atoms with Crippen LogP contribution < -0.4 is 5.32 Å². The fourth-order valence-electron chi connectivity index (χ4n) is 1.59. The normalized spacial score (nSPS) is 16.0. The van der Waals surface area contributed by atoms with Crippen LogP contribution in [0.5, 0.6) is 0 Å². The van der Waals surface area contributed by atoms with E-state index in [9.17, 15) is 14.4 Å². The van der Waals surface area contributed by atoms with Gasteiger partial charge in [0.15, 0.2) is 0 Å². The highest BCUT2D eigenvalue weighted by atomic mass is 16.4. The summed E-state index contributed by atoms with van der Waals surface area (Å²) in [4.78, 5) is 33.1. The lowest BCUT2D eigenvalue weighted by molar-refractivity contribution is -0.149. The fourth-order valence-corrected chi connectivity index (χ4v) is 1.59. The molecule has 1 saturated carbocycles. The van der Waals surface area contributed by atoms with Gasteiger partial charge in [-0.15, -0.1) is 0 Å². The zero-order valence-electron chi connectivity index (χ0n) is 9.30. The van der Waals surface area contributed by atoms with E-state index in [1.807, 2.05) is 0 Å². The quantitative estimate of drug-likeness (QED) is 0.656. The summed E-state index contributed by atoms with van der Waals surface area (Å²) in [6.45, 7) is -0.0266. The van der Waals surface area contributed by atoms with Gasteiger partial charge >= 0.3 is 11.9 Å². The Morgan fingerprint density at radius 3 is 2.39 bits per heavy atom. The Balaban J connectivity index is 1.93. The molecule has 1 amide bonds. The van der Waals surface area contributed by atoms with Crippen molar-refractivity contribution in [2.24, 2.45) is 5.41 Å². The third-order valence-corrected chi connectivity index (χ3v) is 2.89. The zero-order valence-corrected chi connectivity index (χ0v) is 9.30. The number of carboxylic acid groups (broad SMARTS) is 2. The number of carbonyl (C=O) groups is 3. The largest absolute Gasteiger partial charge is 0.480 e. The van der Waals surface area contributed by atoms with E-state index in [2.05, 4.69) is 5.32 Å². The zero-order chi connectivity index (χ0) is 13.3. The van der Waals surface area contributed by atoms with Crippen LogP contribution in [0.3, 0.4) is 0 Å². The van der Waals surface area contributed by atoms with Crippen LogP contribution in [0.25, 0.3) is 0 Å². The van der Waals surface area contributed by atoms with Gasteiger partial charge in [0.1, 0.15) is 11.2 Å². The summed E-state index contributed by atoms with van der Waals surface area (Å²) in [7, 11) is 0. The van der Waals surface area contributed by atoms with Crippen molar-refractivity contribution in [1.29, 1.82) is 0 Å². The lowest BCUT2D eigenvalue weighted by Gasteiger charge is -2.09. The predicted octanol–water partition coefficient (Wildman–Crippen LogP) is 0.459. The van der Waals surface area contributed by atoms with Crippen molar-refractivity contribution in [2.75, 3.05) is 0 Å². The molecule has 0 saturated heterocycles. The maximum atomic E-state index is 11.6. The van der Waals surface area contributed by atoms with Crippen LogP contribution in [0, 0.1) is 5.41 Å². The number of rotatable bonds is 5. The summed E-state index contributed by atoms with van der Waals surface area (Å²) in [6, 6.07) is 2.69. The molecule has 0 aromatic carbocycles. The molecular weight excluding hydrogens is 242 g/mol. The Bertz CT molecular complexity index is 513. The van der Waals surface area contributed by atoms with Crippen molar-refractivity contribution in [3.8, 4) is 0 Å². The number of carboxylic acids is 2. The minimum atomic E-state index is -1.30. The van der Waals surface area contributed by atoms with Crippen molar-refractivity contribution in [1.82, 2.24) is 5.32 Å². The van der Waals surface area contributed by atoms with Crippen LogP contribution in [0.15, 0.2) is 16.5 Å². The molecule has 96 valence electrons. The first-order valence-electron chi connectivity index (χ1n) is 5.29. The number of aliphatic carboxylic acids is 1. The average molecular weight is 253 g/mol. The first-order chi connectivity index (χ1) is 8.45. The van der Waals surface area contributed by atoms with Gasteiger partial charge in [0, 0.05) is 0 Å². The highest BCUT2D eigenvalue weighted by Gasteiger charge is 2.56. The van der Waals surface area contributed by atoms with E-state index in [4.69, 9.17) is 14.6 Å². The van der Waals surface area contributed by atoms with Gasteiger partial charge in [-0.2, -0.15) is 0 Å².